The summed E-state index contributed by atoms with van der Waals surface area (Å²) >= 11 is 0. The number of allylic oxidation sites excluding steroid dienone is 1. The Labute approximate surface area is 337 Å². The van der Waals surface area contributed by atoms with Crippen molar-refractivity contribution in [3.05, 3.63) is 84.4 Å². The van der Waals surface area contributed by atoms with Crippen LogP contribution in [0.2, 0.25) is 0 Å². The number of rotatable bonds is 11. The fourth-order valence-corrected chi connectivity index (χ4v) is 9.47. The molecule has 13 heteroatoms. The number of hydrogen-bond acceptors (Lipinski definition) is 8. The number of alkyl carbamates (subject to hydrolysis) is 2. The Hall–Kier alpha value is -5.98. The third-order valence-corrected chi connectivity index (χ3v) is 12.9. The highest BCUT2D eigenvalue weighted by atomic mass is 16.5. The summed E-state index contributed by atoms with van der Waals surface area (Å²) < 4.78 is 9.52. The second-order valence-electron chi connectivity index (χ2n) is 16.3. The number of nitrogens with zero attached hydrogens (tertiary/aromatic N) is 4. The summed E-state index contributed by atoms with van der Waals surface area (Å²) in [5.41, 5.74) is 7.37. The molecule has 4 fully saturated rings. The van der Waals surface area contributed by atoms with Crippen molar-refractivity contribution in [1.82, 2.24) is 30.4 Å². The molecule has 1 aromatic heterocycles. The first-order valence-electron chi connectivity index (χ1n) is 20.5. The number of benzene rings is 3. The number of piperidine rings is 2. The van der Waals surface area contributed by atoms with E-state index in [9.17, 15) is 19.2 Å². The molecule has 2 saturated carbocycles. The van der Waals surface area contributed by atoms with Gasteiger partial charge in [-0.15, -0.1) is 0 Å². The van der Waals surface area contributed by atoms with Crippen LogP contribution in [0.1, 0.15) is 76.2 Å². The van der Waals surface area contributed by atoms with Crippen molar-refractivity contribution in [2.24, 2.45) is 16.8 Å². The van der Waals surface area contributed by atoms with Crippen molar-refractivity contribution in [2.45, 2.75) is 95.0 Å². The van der Waals surface area contributed by atoms with E-state index >= 15 is 0 Å². The number of aromatic amines is 1. The molecule has 5 aliphatic rings. The number of fused-ring (bicyclic) bond motifs is 3. The van der Waals surface area contributed by atoms with Crippen LogP contribution in [0, 0.1) is 11.8 Å². The molecule has 0 bridgehead atoms. The van der Waals surface area contributed by atoms with Gasteiger partial charge in [-0.2, -0.15) is 0 Å². The molecule has 4 aromatic rings. The summed E-state index contributed by atoms with van der Waals surface area (Å²) in [7, 11) is 2.61. The van der Waals surface area contributed by atoms with Crippen LogP contribution in [-0.4, -0.2) is 93.9 Å². The van der Waals surface area contributed by atoms with E-state index < -0.39 is 24.3 Å². The van der Waals surface area contributed by atoms with E-state index in [0.717, 1.165) is 81.5 Å². The first-order chi connectivity index (χ1) is 28.2. The van der Waals surface area contributed by atoms with Crippen LogP contribution in [-0.2, 0) is 19.1 Å². The van der Waals surface area contributed by atoms with Gasteiger partial charge in [0.2, 0.25) is 11.8 Å². The smallest absolute Gasteiger partial charge is 0.407 e. The van der Waals surface area contributed by atoms with Crippen LogP contribution in [0.4, 0.5) is 9.59 Å². The highest BCUT2D eigenvalue weighted by Gasteiger charge is 2.57. The van der Waals surface area contributed by atoms with Crippen molar-refractivity contribution < 1.29 is 28.7 Å². The van der Waals surface area contributed by atoms with Gasteiger partial charge in [0.25, 0.3) is 0 Å². The van der Waals surface area contributed by atoms with Gasteiger partial charge in [-0.1, -0.05) is 62.4 Å². The van der Waals surface area contributed by atoms with Gasteiger partial charge in [0.05, 0.1) is 38.2 Å². The molecule has 58 heavy (non-hydrogen) atoms. The van der Waals surface area contributed by atoms with Gasteiger partial charge >= 0.3 is 12.2 Å². The number of nitrogens with one attached hydrogen (secondary N) is 3. The van der Waals surface area contributed by atoms with Crippen LogP contribution in [0.3, 0.4) is 0 Å². The molecule has 3 N–H and O–H groups in total. The summed E-state index contributed by atoms with van der Waals surface area (Å²) in [5.74, 6) is 1.58. The minimum Gasteiger partial charge on any atom is -0.453 e. The van der Waals surface area contributed by atoms with Gasteiger partial charge in [0.1, 0.15) is 17.9 Å². The fraction of sp³-hybridized carbons (Fsp3) is 0.422. The Morgan fingerprint density at radius 2 is 1.26 bits per heavy atom. The summed E-state index contributed by atoms with van der Waals surface area (Å²) in [6, 6.07) is 20.4. The van der Waals surface area contributed by atoms with Crippen LogP contribution in [0.5, 0.6) is 0 Å². The number of amides is 4. The van der Waals surface area contributed by atoms with E-state index in [-0.39, 0.29) is 36.0 Å². The van der Waals surface area contributed by atoms with Crippen LogP contribution in [0.25, 0.3) is 38.7 Å². The Balaban J connectivity index is 0.851. The van der Waals surface area contributed by atoms with E-state index in [1.165, 1.54) is 14.2 Å². The Morgan fingerprint density at radius 3 is 1.86 bits per heavy atom. The molecule has 2 saturated heterocycles. The molecule has 3 aliphatic heterocycles. The molecule has 9 rings (SSSR count). The molecule has 0 spiro atoms. The third-order valence-electron chi connectivity index (χ3n) is 12.9. The standard InChI is InChI=1S/C45H49N7O6/c1-5-33(49-44(55)57-3)42(53)51-37-18-30(37)20-39(51)35-17-32(22-46-35)29-14-13-27-15-26(11-12-28(27)16-29)24-7-9-25(10-8-24)36-23-47-41(48-36)40-21-31-19-38(31)52(40)43(54)34(6-2)50-45(56)58-4/h7-16,22-23,30-31,33-34,37-40H,5-6,17-21H2,1-4H3,(H,47,48)(H,49,55)(H,50,56)/t30-,31-,33+,34+,37-,38-,39+,40+/m1/s1. The van der Waals surface area contributed by atoms with Gasteiger partial charge < -0.3 is 34.9 Å². The highest BCUT2D eigenvalue weighted by molar-refractivity contribution is 6.05. The molecule has 13 nitrogen and oxygen atoms in total. The average Bonchev–Trinajstić information content (AvgIpc) is 3.84. The van der Waals surface area contributed by atoms with E-state index in [2.05, 4.69) is 76.3 Å². The number of carbonyl (C=O) groups excluding carboxylic acids is 4. The zero-order valence-electron chi connectivity index (χ0n) is 33.2. The Kier molecular flexibility index (Phi) is 9.77. The number of imidazole rings is 1. The zero-order valence-corrected chi connectivity index (χ0v) is 33.2. The molecule has 4 heterocycles. The van der Waals surface area contributed by atoms with E-state index in [4.69, 9.17) is 19.5 Å². The second-order valence-corrected chi connectivity index (χ2v) is 16.3. The van der Waals surface area contributed by atoms with E-state index in [1.807, 2.05) is 36.0 Å². The molecule has 4 amide bonds. The minimum atomic E-state index is -0.640. The van der Waals surface area contributed by atoms with Gasteiger partial charge in [0.15, 0.2) is 0 Å². The summed E-state index contributed by atoms with van der Waals surface area (Å²) in [4.78, 5) is 68.1. The molecule has 0 radical (unpaired) electrons. The first kappa shape index (κ1) is 37.6. The molecular formula is C45H49N7O6. The molecular weight excluding hydrogens is 735 g/mol. The van der Waals surface area contributed by atoms with E-state index in [0.29, 0.717) is 31.1 Å². The van der Waals surface area contributed by atoms with Crippen molar-refractivity contribution >= 4 is 46.1 Å². The van der Waals surface area contributed by atoms with Crippen molar-refractivity contribution in [1.29, 1.82) is 0 Å². The number of carbonyl (C=O) groups is 4. The topological polar surface area (TPSA) is 158 Å². The molecule has 300 valence electrons. The highest BCUT2D eigenvalue weighted by Crippen LogP contribution is 2.53. The lowest BCUT2D eigenvalue weighted by Crippen LogP contribution is -2.52. The lowest BCUT2D eigenvalue weighted by molar-refractivity contribution is -0.136. The maximum atomic E-state index is 13.6. The van der Waals surface area contributed by atoms with Gasteiger partial charge in [-0.05, 0) is 101 Å². The van der Waals surface area contributed by atoms with Gasteiger partial charge in [-0.25, -0.2) is 14.6 Å². The van der Waals surface area contributed by atoms with Crippen LogP contribution < -0.4 is 10.6 Å². The lowest BCUT2D eigenvalue weighted by Gasteiger charge is -2.31. The third kappa shape index (κ3) is 6.90. The SMILES string of the molecule is CC[C@H](NC(=O)OC)C(=O)N1[C@@H]2C[C@@H]2C[C@H]1C1=NC=C(c2ccc3cc(-c4ccc(-c5cnc([C@@H]6C[C@H]7C[C@H]7N6C(=O)[C@H](CC)NC(=O)OC)[nH]5)cc4)ccc3c2)C1. The predicted octanol–water partition coefficient (Wildman–Crippen LogP) is 7.00. The largest absolute Gasteiger partial charge is 0.453 e. The summed E-state index contributed by atoms with van der Waals surface area (Å²) in [5, 5.41) is 7.68. The fourth-order valence-electron chi connectivity index (χ4n) is 9.47. The average molecular weight is 784 g/mol. The number of likely N-dealkylation sites (tertiary alicyclic amines) is 2. The van der Waals surface area contributed by atoms with Crippen LogP contribution >= 0.6 is 0 Å². The van der Waals surface area contributed by atoms with Crippen molar-refractivity contribution in [3.8, 4) is 22.4 Å². The maximum absolute atomic E-state index is 13.6. The van der Waals surface area contributed by atoms with Crippen LogP contribution in [0.15, 0.2) is 78.1 Å². The maximum Gasteiger partial charge on any atom is 0.407 e. The molecule has 0 unspecified atom stereocenters. The monoisotopic (exact) mass is 783 g/mol. The lowest BCUT2D eigenvalue weighted by atomic mass is 9.94. The number of H-pyrrole nitrogens is 1. The molecule has 3 aromatic carbocycles. The predicted molar refractivity (Wildman–Crippen MR) is 219 cm³/mol. The summed E-state index contributed by atoms with van der Waals surface area (Å²) in [6.45, 7) is 3.78. The van der Waals surface area contributed by atoms with E-state index in [1.54, 1.807) is 0 Å². The Bertz CT molecular complexity index is 2350. The number of hydrogen-bond donors (Lipinski definition) is 3. The minimum absolute atomic E-state index is 0.0548. The normalized spacial score (nSPS) is 25.0. The number of methoxy groups -OCH3 is 2. The van der Waals surface area contributed by atoms with Crippen molar-refractivity contribution in [2.75, 3.05) is 14.2 Å². The van der Waals surface area contributed by atoms with Gasteiger partial charge in [0, 0.05) is 30.4 Å². The zero-order chi connectivity index (χ0) is 40.2. The van der Waals surface area contributed by atoms with Gasteiger partial charge in [-0.3, -0.25) is 14.6 Å². The number of aliphatic imine (C=N–C) groups is 1. The molecule has 2 aliphatic carbocycles. The Morgan fingerprint density at radius 1 is 0.724 bits per heavy atom. The number of aromatic nitrogens is 2. The second kappa shape index (κ2) is 15.1. The first-order valence-corrected chi connectivity index (χ1v) is 20.5. The quantitative estimate of drug-likeness (QED) is 0.148. The summed E-state index contributed by atoms with van der Waals surface area (Å²) in [6.07, 6.45) is 8.01. The van der Waals surface area contributed by atoms with Crippen molar-refractivity contribution in [3.63, 3.8) is 0 Å². The molecule has 8 atom stereocenters. The number of ether oxygens (including phenoxy) is 2.